The first kappa shape index (κ1) is 17.7. The van der Waals surface area contributed by atoms with Crippen LogP contribution in [-0.2, 0) is 0 Å². The molecule has 0 saturated carbocycles. The fourth-order valence-electron chi connectivity index (χ4n) is 2.59. The molecule has 134 valence electrons. The molecule has 0 aliphatic heterocycles. The summed E-state index contributed by atoms with van der Waals surface area (Å²) in [5, 5.41) is 3.86. The van der Waals surface area contributed by atoms with Gasteiger partial charge in [0.15, 0.2) is 11.5 Å². The van der Waals surface area contributed by atoms with Crippen molar-refractivity contribution in [2.24, 2.45) is 0 Å². The second kappa shape index (κ2) is 8.34. The van der Waals surface area contributed by atoms with Gasteiger partial charge < -0.3 is 14.8 Å². The van der Waals surface area contributed by atoms with Gasteiger partial charge in [-0.05, 0) is 43.7 Å². The van der Waals surface area contributed by atoms with Crippen LogP contribution < -0.4 is 14.8 Å². The summed E-state index contributed by atoms with van der Waals surface area (Å²) in [4.78, 5) is 17.0. The van der Waals surface area contributed by atoms with Gasteiger partial charge in [0.05, 0.1) is 30.6 Å². The molecule has 0 aliphatic rings. The highest BCUT2D eigenvalue weighted by Crippen LogP contribution is 2.29. The number of benzene rings is 2. The molecule has 5 nitrogen and oxygen atoms in total. The van der Waals surface area contributed by atoms with E-state index in [9.17, 15) is 4.79 Å². The number of amides is 1. The van der Waals surface area contributed by atoms with Gasteiger partial charge in [-0.3, -0.25) is 9.78 Å². The fourth-order valence-corrected chi connectivity index (χ4v) is 2.59. The normalized spacial score (nSPS) is 10.5. The van der Waals surface area contributed by atoms with Crippen molar-refractivity contribution in [2.75, 3.05) is 18.5 Å². The number of nitrogens with zero attached hydrogens (tertiary/aromatic N) is 1. The zero-order chi connectivity index (χ0) is 18.4. The quantitative estimate of drug-likeness (QED) is 0.672. The van der Waals surface area contributed by atoms with Gasteiger partial charge in [0.1, 0.15) is 0 Å². The van der Waals surface area contributed by atoms with Crippen LogP contribution in [0.3, 0.4) is 0 Å². The first-order valence-corrected chi connectivity index (χ1v) is 8.77. The van der Waals surface area contributed by atoms with Gasteiger partial charge in [0.25, 0.3) is 5.91 Å². The maximum atomic E-state index is 12.6. The summed E-state index contributed by atoms with van der Waals surface area (Å²) < 4.78 is 11.3. The summed E-state index contributed by atoms with van der Waals surface area (Å²) >= 11 is 0. The zero-order valence-electron chi connectivity index (χ0n) is 15.0. The van der Waals surface area contributed by atoms with E-state index in [1.54, 1.807) is 24.4 Å². The number of ether oxygens (including phenoxy) is 2. The number of hydrogen-bond donors (Lipinski definition) is 1. The Labute approximate surface area is 153 Å². The summed E-state index contributed by atoms with van der Waals surface area (Å²) in [6.45, 7) is 5.05. The summed E-state index contributed by atoms with van der Waals surface area (Å²) in [6, 6.07) is 14.9. The van der Waals surface area contributed by atoms with Crippen molar-refractivity contribution in [2.45, 2.75) is 20.3 Å². The van der Waals surface area contributed by atoms with Crippen molar-refractivity contribution in [3.05, 3.63) is 60.3 Å². The predicted octanol–water partition coefficient (Wildman–Crippen LogP) is 4.67. The topological polar surface area (TPSA) is 60.5 Å². The Morgan fingerprint density at radius 1 is 1.04 bits per heavy atom. The van der Waals surface area contributed by atoms with E-state index in [-0.39, 0.29) is 5.91 Å². The lowest BCUT2D eigenvalue weighted by Crippen LogP contribution is -2.12. The second-order valence-electron chi connectivity index (χ2n) is 5.81. The molecule has 0 radical (unpaired) electrons. The first-order chi connectivity index (χ1) is 12.7. The van der Waals surface area contributed by atoms with Crippen molar-refractivity contribution in [3.63, 3.8) is 0 Å². The van der Waals surface area contributed by atoms with E-state index >= 15 is 0 Å². The average molecular weight is 350 g/mol. The van der Waals surface area contributed by atoms with Crippen LogP contribution >= 0.6 is 0 Å². The number of aromatic nitrogens is 1. The lowest BCUT2D eigenvalue weighted by molar-refractivity contribution is 0.102. The third kappa shape index (κ3) is 4.11. The van der Waals surface area contributed by atoms with Gasteiger partial charge in [0.2, 0.25) is 0 Å². The molecule has 3 rings (SSSR count). The summed E-state index contributed by atoms with van der Waals surface area (Å²) in [7, 11) is 0. The van der Waals surface area contributed by atoms with E-state index in [0.717, 1.165) is 17.3 Å². The average Bonchev–Trinajstić information content (AvgIpc) is 2.67. The van der Waals surface area contributed by atoms with Crippen LogP contribution in [0.2, 0.25) is 0 Å². The maximum Gasteiger partial charge on any atom is 0.255 e. The predicted molar refractivity (Wildman–Crippen MR) is 103 cm³/mol. The Bertz CT molecular complexity index is 909. The van der Waals surface area contributed by atoms with Crippen molar-refractivity contribution in [3.8, 4) is 11.5 Å². The third-order valence-electron chi connectivity index (χ3n) is 3.82. The van der Waals surface area contributed by atoms with E-state index in [0.29, 0.717) is 36.0 Å². The van der Waals surface area contributed by atoms with Crippen molar-refractivity contribution in [1.29, 1.82) is 0 Å². The highest BCUT2D eigenvalue weighted by molar-refractivity contribution is 6.05. The molecule has 0 atom stereocenters. The Kier molecular flexibility index (Phi) is 5.69. The third-order valence-corrected chi connectivity index (χ3v) is 3.82. The van der Waals surface area contributed by atoms with Crippen molar-refractivity contribution >= 4 is 22.5 Å². The number of rotatable bonds is 7. The number of hydrogen-bond acceptors (Lipinski definition) is 4. The number of fused-ring (bicyclic) bond motifs is 1. The highest BCUT2D eigenvalue weighted by atomic mass is 16.5. The Morgan fingerprint density at radius 2 is 1.88 bits per heavy atom. The molecule has 0 bridgehead atoms. The number of carbonyl (C=O) groups excluding carboxylic acids is 1. The van der Waals surface area contributed by atoms with Gasteiger partial charge in [-0.15, -0.1) is 0 Å². The zero-order valence-corrected chi connectivity index (χ0v) is 15.0. The monoisotopic (exact) mass is 350 g/mol. The van der Waals surface area contributed by atoms with Crippen LogP contribution in [0.5, 0.6) is 11.5 Å². The largest absolute Gasteiger partial charge is 0.490 e. The second-order valence-corrected chi connectivity index (χ2v) is 5.81. The van der Waals surface area contributed by atoms with E-state index in [1.165, 1.54) is 0 Å². The van der Waals surface area contributed by atoms with E-state index in [2.05, 4.69) is 10.3 Å². The van der Waals surface area contributed by atoms with Crippen LogP contribution in [0.1, 0.15) is 30.6 Å². The fraction of sp³-hybridized carbons (Fsp3) is 0.238. The standard InChI is InChI=1S/C21H22N2O3/c1-3-11-26-19-10-9-16(13-20(19)25-4-2)21(24)23-17-12-15-7-5-6-8-18(15)22-14-17/h5-10,12-14H,3-4,11H2,1-2H3,(H,23,24). The molecule has 0 spiro atoms. The lowest BCUT2D eigenvalue weighted by Gasteiger charge is -2.13. The molecule has 5 heteroatoms. The summed E-state index contributed by atoms with van der Waals surface area (Å²) in [5.74, 6) is 1.01. The molecular formula is C21H22N2O3. The molecule has 0 saturated heterocycles. The van der Waals surface area contributed by atoms with Crippen molar-refractivity contribution < 1.29 is 14.3 Å². The van der Waals surface area contributed by atoms with Crippen LogP contribution in [-0.4, -0.2) is 24.1 Å². The molecular weight excluding hydrogens is 328 g/mol. The molecule has 1 heterocycles. The smallest absolute Gasteiger partial charge is 0.255 e. The van der Waals surface area contributed by atoms with Gasteiger partial charge in [-0.2, -0.15) is 0 Å². The molecule has 3 aromatic rings. The molecule has 1 N–H and O–H groups in total. The van der Waals surface area contributed by atoms with Crippen LogP contribution in [0, 0.1) is 0 Å². The number of anilines is 1. The van der Waals surface area contributed by atoms with E-state index < -0.39 is 0 Å². The SMILES string of the molecule is CCCOc1ccc(C(=O)Nc2cnc3ccccc3c2)cc1OCC. The molecule has 0 fully saturated rings. The van der Waals surface area contributed by atoms with Crippen LogP contribution in [0.15, 0.2) is 54.7 Å². The minimum Gasteiger partial charge on any atom is -0.490 e. The molecule has 1 amide bonds. The lowest BCUT2D eigenvalue weighted by atomic mass is 10.1. The Balaban J connectivity index is 1.80. The Morgan fingerprint density at radius 3 is 2.69 bits per heavy atom. The minimum atomic E-state index is -0.218. The van der Waals surface area contributed by atoms with Crippen molar-refractivity contribution in [1.82, 2.24) is 4.98 Å². The minimum absolute atomic E-state index is 0.218. The molecule has 0 aliphatic carbocycles. The molecule has 26 heavy (non-hydrogen) atoms. The molecule has 2 aromatic carbocycles. The van der Waals surface area contributed by atoms with Crippen LogP contribution in [0.4, 0.5) is 5.69 Å². The van der Waals surface area contributed by atoms with E-state index in [1.807, 2.05) is 44.2 Å². The Hall–Kier alpha value is -3.08. The van der Waals surface area contributed by atoms with Gasteiger partial charge in [-0.25, -0.2) is 0 Å². The summed E-state index contributed by atoms with van der Waals surface area (Å²) in [5.41, 5.74) is 2.05. The van der Waals surface area contributed by atoms with Gasteiger partial charge >= 0.3 is 0 Å². The van der Waals surface area contributed by atoms with E-state index in [4.69, 9.17) is 9.47 Å². The number of carbonyl (C=O) groups is 1. The number of pyridine rings is 1. The van der Waals surface area contributed by atoms with Gasteiger partial charge in [-0.1, -0.05) is 25.1 Å². The van der Waals surface area contributed by atoms with Crippen LogP contribution in [0.25, 0.3) is 10.9 Å². The van der Waals surface area contributed by atoms with Gasteiger partial charge in [0, 0.05) is 10.9 Å². The molecule has 1 aromatic heterocycles. The summed E-state index contributed by atoms with van der Waals surface area (Å²) in [6.07, 6.45) is 2.56. The maximum absolute atomic E-state index is 12.6. The highest BCUT2D eigenvalue weighted by Gasteiger charge is 2.12. The first-order valence-electron chi connectivity index (χ1n) is 8.77. The molecule has 0 unspecified atom stereocenters. The number of nitrogens with one attached hydrogen (secondary N) is 1. The number of para-hydroxylation sites is 1.